The highest BCUT2D eigenvalue weighted by Gasteiger charge is 2.41. The Hall–Kier alpha value is -2.67. The summed E-state index contributed by atoms with van der Waals surface area (Å²) in [4.78, 5) is 20.8. The number of aromatic nitrogens is 4. The van der Waals surface area contributed by atoms with Gasteiger partial charge in [-0.05, 0) is 19.4 Å². The number of esters is 1. The van der Waals surface area contributed by atoms with E-state index in [1.165, 1.54) is 18.0 Å². The van der Waals surface area contributed by atoms with E-state index in [0.717, 1.165) is 5.56 Å². The van der Waals surface area contributed by atoms with Crippen LogP contribution in [0.4, 0.5) is 5.95 Å². The van der Waals surface area contributed by atoms with Crippen LogP contribution < -0.4 is 5.73 Å². The minimum Gasteiger partial charge on any atom is -0.467 e. The number of hydrogen-bond acceptors (Lipinski definition) is 6. The van der Waals surface area contributed by atoms with Gasteiger partial charge in [-0.2, -0.15) is 10.1 Å². The number of rotatable bonds is 3. The van der Waals surface area contributed by atoms with E-state index >= 15 is 0 Å². The van der Waals surface area contributed by atoms with Crippen molar-refractivity contribution in [3.8, 4) is 0 Å². The van der Waals surface area contributed by atoms with Crippen LogP contribution in [-0.2, 0) is 15.1 Å². The lowest BCUT2D eigenvalue weighted by molar-refractivity contribution is -0.148. The topological polar surface area (TPSA) is 95.9 Å². The van der Waals surface area contributed by atoms with Crippen molar-refractivity contribution in [2.75, 3.05) is 12.8 Å². The first kappa shape index (κ1) is 16.2. The van der Waals surface area contributed by atoms with Crippen molar-refractivity contribution in [3.05, 3.63) is 46.7 Å². The normalized spacial score (nSPS) is 13.7. The number of nitrogens with zero attached hydrogens (tertiary/aromatic N) is 4. The first-order valence-corrected chi connectivity index (χ1v) is 7.58. The third-order valence-electron chi connectivity index (χ3n) is 3.99. The molecule has 0 fully saturated rings. The summed E-state index contributed by atoms with van der Waals surface area (Å²) in [7, 11) is 1.33. The third-order valence-corrected chi connectivity index (χ3v) is 4.27. The van der Waals surface area contributed by atoms with Crippen LogP contribution in [0.1, 0.15) is 18.1 Å². The number of hydrogen-bond donors (Lipinski definition) is 1. The number of aryl methyl sites for hydroxylation is 1. The molecule has 7 nitrogen and oxygen atoms in total. The smallest absolute Gasteiger partial charge is 0.338 e. The minimum absolute atomic E-state index is 0.00529. The van der Waals surface area contributed by atoms with E-state index in [-0.39, 0.29) is 11.1 Å². The van der Waals surface area contributed by atoms with E-state index < -0.39 is 11.5 Å². The first-order chi connectivity index (χ1) is 11.4. The number of carbonyl (C=O) groups is 1. The highest BCUT2D eigenvalue weighted by molar-refractivity contribution is 6.34. The molecule has 24 heavy (non-hydrogen) atoms. The van der Waals surface area contributed by atoms with E-state index in [9.17, 15) is 4.79 Å². The standard InChI is InChI=1S/C16H16ClN5O2/c1-9-5-4-6-10(7-9)16(2,14(23)24-3)22-13-11(8-19-22)12(17)20-15(18)21-13/h4-8H,1-3H3,(H2,18,20,21). The maximum Gasteiger partial charge on any atom is 0.338 e. The van der Waals surface area contributed by atoms with Crippen molar-refractivity contribution < 1.29 is 9.53 Å². The summed E-state index contributed by atoms with van der Waals surface area (Å²) in [6.45, 7) is 3.66. The summed E-state index contributed by atoms with van der Waals surface area (Å²) in [5.74, 6) is -0.475. The maximum atomic E-state index is 12.7. The number of nitrogens with two attached hydrogens (primary N) is 1. The lowest BCUT2D eigenvalue weighted by Gasteiger charge is -2.28. The van der Waals surface area contributed by atoms with Crippen LogP contribution in [0.5, 0.6) is 0 Å². The lowest BCUT2D eigenvalue weighted by Crippen LogP contribution is -2.42. The molecule has 8 heteroatoms. The number of benzene rings is 1. The van der Waals surface area contributed by atoms with Crippen molar-refractivity contribution >= 4 is 34.6 Å². The minimum atomic E-state index is -1.23. The molecule has 0 aliphatic rings. The highest BCUT2D eigenvalue weighted by atomic mass is 35.5. The van der Waals surface area contributed by atoms with Gasteiger partial charge in [-0.1, -0.05) is 41.4 Å². The van der Waals surface area contributed by atoms with Gasteiger partial charge >= 0.3 is 5.97 Å². The summed E-state index contributed by atoms with van der Waals surface area (Å²) in [6.07, 6.45) is 1.51. The van der Waals surface area contributed by atoms with Gasteiger partial charge in [-0.25, -0.2) is 14.5 Å². The number of carbonyl (C=O) groups excluding carboxylic acids is 1. The van der Waals surface area contributed by atoms with Gasteiger partial charge in [0.05, 0.1) is 18.7 Å². The van der Waals surface area contributed by atoms with Gasteiger partial charge in [-0.3, -0.25) is 0 Å². The molecule has 3 rings (SSSR count). The predicted molar refractivity (Wildman–Crippen MR) is 90.7 cm³/mol. The Balaban J connectivity index is 2.34. The largest absolute Gasteiger partial charge is 0.467 e. The Morgan fingerprint density at radius 2 is 2.12 bits per heavy atom. The summed E-state index contributed by atoms with van der Waals surface area (Å²) in [6, 6.07) is 7.55. The summed E-state index contributed by atoms with van der Waals surface area (Å²) < 4.78 is 6.50. The molecule has 3 aromatic rings. The van der Waals surface area contributed by atoms with Gasteiger partial charge in [0.1, 0.15) is 5.15 Å². The molecule has 1 unspecified atom stereocenters. The molecule has 0 spiro atoms. The predicted octanol–water partition coefficient (Wildman–Crippen LogP) is 2.31. The van der Waals surface area contributed by atoms with Crippen LogP contribution in [0.25, 0.3) is 11.0 Å². The third kappa shape index (κ3) is 2.37. The highest BCUT2D eigenvalue weighted by Crippen LogP contribution is 2.32. The molecule has 0 radical (unpaired) electrons. The Labute approximate surface area is 143 Å². The average Bonchev–Trinajstić information content (AvgIpc) is 2.97. The molecule has 2 N–H and O–H groups in total. The van der Waals surface area contributed by atoms with Gasteiger partial charge in [-0.15, -0.1) is 0 Å². The van der Waals surface area contributed by atoms with E-state index in [1.54, 1.807) is 6.92 Å². The van der Waals surface area contributed by atoms with E-state index in [2.05, 4.69) is 15.1 Å². The molecule has 124 valence electrons. The van der Waals surface area contributed by atoms with Gasteiger partial charge in [0.25, 0.3) is 0 Å². The van der Waals surface area contributed by atoms with Crippen molar-refractivity contribution in [2.45, 2.75) is 19.4 Å². The van der Waals surface area contributed by atoms with Crippen LogP contribution in [0, 0.1) is 6.92 Å². The van der Waals surface area contributed by atoms with Gasteiger partial charge < -0.3 is 10.5 Å². The Morgan fingerprint density at radius 3 is 2.79 bits per heavy atom. The van der Waals surface area contributed by atoms with Crippen molar-refractivity contribution in [2.24, 2.45) is 0 Å². The fourth-order valence-electron chi connectivity index (χ4n) is 2.69. The second-order valence-electron chi connectivity index (χ2n) is 5.60. The molecule has 2 aromatic heterocycles. The van der Waals surface area contributed by atoms with E-state index in [0.29, 0.717) is 16.6 Å². The van der Waals surface area contributed by atoms with Crippen LogP contribution in [-0.4, -0.2) is 32.8 Å². The molecule has 1 aromatic carbocycles. The number of halogens is 1. The number of nitrogen functional groups attached to an aromatic ring is 1. The lowest BCUT2D eigenvalue weighted by atomic mass is 9.91. The van der Waals surface area contributed by atoms with Crippen LogP contribution in [0.3, 0.4) is 0 Å². The Morgan fingerprint density at radius 1 is 1.38 bits per heavy atom. The number of methoxy groups -OCH3 is 1. The quantitative estimate of drug-likeness (QED) is 0.578. The zero-order chi connectivity index (χ0) is 17.5. The number of fused-ring (bicyclic) bond motifs is 1. The fourth-order valence-corrected chi connectivity index (χ4v) is 2.91. The van der Waals surface area contributed by atoms with Gasteiger partial charge in [0.15, 0.2) is 11.2 Å². The SMILES string of the molecule is COC(=O)C(C)(c1cccc(C)c1)n1ncc2c(Cl)nc(N)nc21. The molecule has 0 bridgehead atoms. The van der Waals surface area contributed by atoms with Gasteiger partial charge in [0.2, 0.25) is 5.95 Å². The van der Waals surface area contributed by atoms with Crippen molar-refractivity contribution in [3.63, 3.8) is 0 Å². The Bertz CT molecular complexity index is 939. The zero-order valence-electron chi connectivity index (χ0n) is 13.4. The van der Waals surface area contributed by atoms with Gasteiger partial charge in [0, 0.05) is 0 Å². The monoisotopic (exact) mass is 345 g/mol. The molecule has 2 heterocycles. The molecule has 0 saturated carbocycles. The fraction of sp³-hybridized carbons (Fsp3) is 0.250. The second kappa shape index (κ2) is 5.76. The van der Waals surface area contributed by atoms with E-state index in [1.807, 2.05) is 31.2 Å². The molecular formula is C16H16ClN5O2. The first-order valence-electron chi connectivity index (χ1n) is 7.20. The molecular weight excluding hydrogens is 330 g/mol. The molecule has 0 saturated heterocycles. The summed E-state index contributed by atoms with van der Waals surface area (Å²) >= 11 is 6.11. The van der Waals surface area contributed by atoms with E-state index in [4.69, 9.17) is 22.1 Å². The molecule has 1 atom stereocenters. The Kier molecular flexibility index (Phi) is 3.88. The maximum absolute atomic E-state index is 12.7. The second-order valence-corrected chi connectivity index (χ2v) is 5.96. The molecule has 0 aliphatic carbocycles. The van der Waals surface area contributed by atoms with Crippen molar-refractivity contribution in [1.82, 2.24) is 19.7 Å². The van der Waals surface area contributed by atoms with Crippen LogP contribution in [0.15, 0.2) is 30.5 Å². The average molecular weight is 346 g/mol. The number of ether oxygens (including phenoxy) is 1. The molecule has 0 amide bonds. The van der Waals surface area contributed by atoms with Crippen LogP contribution >= 0.6 is 11.6 Å². The summed E-state index contributed by atoms with van der Waals surface area (Å²) in [5, 5.41) is 5.01. The zero-order valence-corrected chi connectivity index (χ0v) is 14.2. The van der Waals surface area contributed by atoms with Crippen molar-refractivity contribution in [1.29, 1.82) is 0 Å². The molecule has 0 aliphatic heterocycles. The number of anilines is 1. The van der Waals surface area contributed by atoms with Crippen LogP contribution in [0.2, 0.25) is 5.15 Å². The summed E-state index contributed by atoms with van der Waals surface area (Å²) in [5.41, 5.74) is 6.56.